The molecule has 1 aliphatic carbocycles. The number of rotatable bonds is 11. The molecular weight excluding hydrogens is 925 g/mol. The molecule has 0 saturated carbocycles. The van der Waals surface area contributed by atoms with Crippen LogP contribution in [0, 0.1) is 23.3 Å². The van der Waals surface area contributed by atoms with Crippen molar-refractivity contribution < 1.29 is 66.4 Å². The number of fused-ring (bicyclic) bond motifs is 4. The van der Waals surface area contributed by atoms with Gasteiger partial charge >= 0.3 is 5.97 Å². The number of carboxylic acids is 1. The van der Waals surface area contributed by atoms with Gasteiger partial charge < -0.3 is 10.4 Å². The van der Waals surface area contributed by atoms with Crippen LogP contribution in [-0.2, 0) is 47.1 Å². The molecule has 2 heterocycles. The van der Waals surface area contributed by atoms with Gasteiger partial charge in [-0.1, -0.05) is 32.1 Å². The molecule has 0 unspecified atom stereocenters. The van der Waals surface area contributed by atoms with Gasteiger partial charge in [0.15, 0.2) is 35.4 Å². The standard InChI is InChI=1S/C43H40F4N2O11S4/c1-41(2)15-22(19-62(52,53)54)25-11-27-29(13-31(25)48-41)43(5,6)30-14-32-26(12-28(30)34(27)35-36(44)38(46)40(39(47)37(35)45)61-18-33(50)51)23(20-63(55,56)57)16-42(3,4)49(32)17-21-7-9-24(10-8-21)64(58,59)60/h7-16H,17-20H2,1-6H3,(H4,50,51,52,53,54,55,56,57,58,59,60)/p+1. The average molecular weight is 966 g/mol. The fourth-order valence-electron chi connectivity index (χ4n) is 8.80. The van der Waals surface area contributed by atoms with Crippen LogP contribution in [0.1, 0.15) is 80.5 Å². The lowest BCUT2D eigenvalue weighted by atomic mass is 9.67. The molecular formula is C43H41F4N2O11S4+. The lowest BCUT2D eigenvalue weighted by Crippen LogP contribution is -2.50. The van der Waals surface area contributed by atoms with E-state index in [1.807, 2.05) is 4.58 Å². The van der Waals surface area contributed by atoms with Crippen molar-refractivity contribution in [3.05, 3.63) is 133 Å². The molecule has 13 nitrogen and oxygen atoms in total. The van der Waals surface area contributed by atoms with Crippen LogP contribution in [0.3, 0.4) is 0 Å². The highest BCUT2D eigenvalue weighted by Gasteiger charge is 2.42. The summed E-state index contributed by atoms with van der Waals surface area (Å²) in [6.45, 7) is 10.5. The molecule has 0 amide bonds. The number of halogens is 4. The van der Waals surface area contributed by atoms with E-state index in [9.17, 15) is 48.8 Å². The van der Waals surface area contributed by atoms with E-state index in [-0.39, 0.29) is 56.3 Å². The Morgan fingerprint density at radius 1 is 0.719 bits per heavy atom. The van der Waals surface area contributed by atoms with Crippen molar-refractivity contribution in [3.63, 3.8) is 0 Å². The minimum Gasteiger partial charge on any atom is -0.481 e. The highest BCUT2D eigenvalue weighted by molar-refractivity contribution is 8.00. The Labute approximate surface area is 370 Å². The Bertz CT molecular complexity index is 3260. The Balaban J connectivity index is 1.67. The Morgan fingerprint density at radius 3 is 1.81 bits per heavy atom. The Hall–Kier alpha value is -4.90. The number of thioether (sulfide) groups is 1. The first kappa shape index (κ1) is 47.1. The molecule has 2 aliphatic heterocycles. The molecule has 5 N–H and O–H groups in total. The van der Waals surface area contributed by atoms with Crippen LogP contribution in [0.25, 0.3) is 16.7 Å². The second-order valence-corrected chi connectivity index (χ2v) is 22.8. The third-order valence-corrected chi connectivity index (χ3v) is 14.7. The lowest BCUT2D eigenvalue weighted by Gasteiger charge is -2.39. The summed E-state index contributed by atoms with van der Waals surface area (Å²) in [4.78, 5) is 9.71. The van der Waals surface area contributed by atoms with Gasteiger partial charge in [0.1, 0.15) is 11.5 Å². The van der Waals surface area contributed by atoms with Crippen molar-refractivity contribution in [1.29, 1.82) is 0 Å². The first-order chi connectivity index (χ1) is 29.3. The molecule has 3 aliphatic rings. The molecule has 0 saturated heterocycles. The highest BCUT2D eigenvalue weighted by Crippen LogP contribution is 2.47. The molecule has 0 bridgehead atoms. The molecule has 0 fully saturated rings. The van der Waals surface area contributed by atoms with Gasteiger partial charge in [-0.25, -0.2) is 22.1 Å². The maximum absolute atomic E-state index is 16.8. The average Bonchev–Trinajstić information content (AvgIpc) is 3.14. The zero-order chi connectivity index (χ0) is 47.4. The number of hydrogen-bond acceptors (Lipinski definition) is 9. The summed E-state index contributed by atoms with van der Waals surface area (Å²) in [5, 5.41) is 12.8. The monoisotopic (exact) mass is 965 g/mol. The summed E-state index contributed by atoms with van der Waals surface area (Å²) in [5.74, 6) is -11.9. The summed E-state index contributed by atoms with van der Waals surface area (Å²) in [6, 6.07) is 11.3. The van der Waals surface area contributed by atoms with Gasteiger partial charge in [0.2, 0.25) is 5.36 Å². The van der Waals surface area contributed by atoms with E-state index in [0.29, 0.717) is 27.7 Å². The smallest absolute Gasteiger partial charge is 0.313 e. The highest BCUT2D eigenvalue weighted by atomic mass is 32.2. The van der Waals surface area contributed by atoms with E-state index in [1.54, 1.807) is 53.7 Å². The summed E-state index contributed by atoms with van der Waals surface area (Å²) in [5.41, 5.74) is -3.01. The number of benzene rings is 4. The van der Waals surface area contributed by atoms with E-state index in [2.05, 4.69) is 5.32 Å². The van der Waals surface area contributed by atoms with Gasteiger partial charge in [0.05, 0.1) is 32.2 Å². The predicted octanol–water partition coefficient (Wildman–Crippen LogP) is 5.78. The zero-order valence-corrected chi connectivity index (χ0v) is 38.1. The summed E-state index contributed by atoms with van der Waals surface area (Å²) in [7, 11) is -14.0. The molecule has 64 heavy (non-hydrogen) atoms. The maximum Gasteiger partial charge on any atom is 0.313 e. The number of carboxylic acid groups (broad SMARTS) is 1. The maximum atomic E-state index is 16.8. The molecule has 0 radical (unpaired) electrons. The van der Waals surface area contributed by atoms with Gasteiger partial charge in [-0.15, -0.1) is 11.8 Å². The van der Waals surface area contributed by atoms with Crippen LogP contribution < -0.4 is 20.5 Å². The van der Waals surface area contributed by atoms with E-state index in [4.69, 9.17) is 0 Å². The van der Waals surface area contributed by atoms with Crippen LogP contribution in [-0.4, -0.2) is 78.3 Å². The molecule has 0 aromatic heterocycles. The van der Waals surface area contributed by atoms with Gasteiger partial charge in [0, 0.05) is 47.7 Å². The van der Waals surface area contributed by atoms with E-state index >= 15 is 17.6 Å². The minimum atomic E-state index is -4.77. The van der Waals surface area contributed by atoms with Crippen molar-refractivity contribution >= 4 is 70.5 Å². The SMILES string of the molecule is CC1(C)C=C(CS(=O)(=O)O)c2cc3c(cc2N1)C(C)(C)c1cc2c(cc1=C3c1c(F)c(F)c(SCC(=O)O)c(F)c1F)C(CS(=O)(=O)O)=CC(C)(C)[N+]=2Cc1ccc(S(=O)(=O)O)cc1. The number of nitrogens with one attached hydrogen (secondary N) is 1. The molecule has 4 aromatic rings. The first-order valence-corrected chi connectivity index (χ1v) is 24.9. The Morgan fingerprint density at radius 2 is 1.28 bits per heavy atom. The van der Waals surface area contributed by atoms with Crippen LogP contribution in [0.5, 0.6) is 0 Å². The largest absolute Gasteiger partial charge is 0.481 e. The lowest BCUT2D eigenvalue weighted by molar-refractivity contribution is -0.133. The second-order valence-electron chi connectivity index (χ2n) is 17.5. The number of carbonyl (C=O) groups is 1. The van der Waals surface area contributed by atoms with Crippen molar-refractivity contribution in [2.75, 3.05) is 22.6 Å². The molecule has 0 atom stereocenters. The fraction of sp³-hybridized carbons (Fsp3) is 0.302. The van der Waals surface area contributed by atoms with Crippen molar-refractivity contribution in [2.45, 2.75) is 74.4 Å². The normalized spacial score (nSPS) is 17.3. The van der Waals surface area contributed by atoms with Crippen LogP contribution in [0.4, 0.5) is 23.2 Å². The number of anilines is 1. The molecule has 4 aromatic carbocycles. The fourth-order valence-corrected chi connectivity index (χ4v) is 11.2. The zero-order valence-electron chi connectivity index (χ0n) is 34.8. The third kappa shape index (κ3) is 8.78. The topological polar surface area (TPSA) is 215 Å². The van der Waals surface area contributed by atoms with Crippen molar-refractivity contribution in [3.8, 4) is 0 Å². The van der Waals surface area contributed by atoms with Crippen LogP contribution in [0.2, 0.25) is 0 Å². The molecule has 21 heteroatoms. The minimum absolute atomic E-state index is 0.0162. The first-order valence-electron chi connectivity index (χ1n) is 19.2. The van der Waals surface area contributed by atoms with Gasteiger partial charge in [-0.3, -0.25) is 18.5 Å². The molecule has 340 valence electrons. The molecule has 0 spiro atoms. The Kier molecular flexibility index (Phi) is 11.5. The molecule has 7 rings (SSSR count). The van der Waals surface area contributed by atoms with E-state index in [1.165, 1.54) is 48.6 Å². The van der Waals surface area contributed by atoms with E-state index in [0.717, 1.165) is 0 Å². The third-order valence-electron chi connectivity index (χ3n) is 11.4. The van der Waals surface area contributed by atoms with Gasteiger partial charge in [0.25, 0.3) is 30.4 Å². The van der Waals surface area contributed by atoms with Crippen molar-refractivity contribution in [1.82, 2.24) is 4.58 Å². The van der Waals surface area contributed by atoms with Crippen molar-refractivity contribution in [2.24, 2.45) is 0 Å². The quantitative estimate of drug-likeness (QED) is 0.0397. The summed E-state index contributed by atoms with van der Waals surface area (Å²) < 4.78 is 171. The second kappa shape index (κ2) is 15.6. The number of nitrogens with zero attached hydrogens (tertiary/aromatic N) is 1. The predicted molar refractivity (Wildman–Crippen MR) is 232 cm³/mol. The van der Waals surface area contributed by atoms with Crippen LogP contribution >= 0.6 is 11.8 Å². The summed E-state index contributed by atoms with van der Waals surface area (Å²) in [6.07, 6.45) is 3.07. The van der Waals surface area contributed by atoms with Crippen LogP contribution in [0.15, 0.2) is 70.5 Å². The van der Waals surface area contributed by atoms with Gasteiger partial charge in [-0.2, -0.15) is 25.3 Å². The summed E-state index contributed by atoms with van der Waals surface area (Å²) >= 11 is 0.0162. The number of aliphatic carboxylic acids is 1. The number of hydrogen-bond donors (Lipinski definition) is 5. The van der Waals surface area contributed by atoms with E-state index < -0.39 is 109 Å². The van der Waals surface area contributed by atoms with Gasteiger partial charge in [-0.05, 0) is 83.3 Å².